The molecule has 1 fully saturated rings. The fraction of sp³-hybridized carbons (Fsp3) is 0.529. The van der Waals surface area contributed by atoms with Gasteiger partial charge in [0.25, 0.3) is 5.91 Å². The standard InChI is InChI=1S/C17H23ClN2O2/c1-12(2)20(15-9-10-15)16(21)4-3-11-19-17(22)13-5-7-14(18)8-6-13/h5-8,12,15H,3-4,9-11H2,1-2H3,(H,19,22). The number of rotatable bonds is 7. The van der Waals surface area contributed by atoms with Crippen LogP contribution in [0.25, 0.3) is 0 Å². The topological polar surface area (TPSA) is 49.4 Å². The third kappa shape index (κ3) is 4.73. The van der Waals surface area contributed by atoms with Gasteiger partial charge in [0.1, 0.15) is 0 Å². The quantitative estimate of drug-likeness (QED) is 0.783. The summed E-state index contributed by atoms with van der Waals surface area (Å²) in [4.78, 5) is 26.1. The van der Waals surface area contributed by atoms with Gasteiger partial charge in [-0.3, -0.25) is 9.59 Å². The van der Waals surface area contributed by atoms with E-state index in [9.17, 15) is 9.59 Å². The third-order valence-corrected chi connectivity index (χ3v) is 4.00. The summed E-state index contributed by atoms with van der Waals surface area (Å²) in [5, 5.41) is 3.44. The second-order valence-corrected chi connectivity index (χ2v) is 6.43. The Morgan fingerprint density at radius 3 is 2.45 bits per heavy atom. The van der Waals surface area contributed by atoms with Crippen LogP contribution in [0.15, 0.2) is 24.3 Å². The number of hydrogen-bond acceptors (Lipinski definition) is 2. The lowest BCUT2D eigenvalue weighted by Crippen LogP contribution is -2.39. The van der Waals surface area contributed by atoms with Crippen LogP contribution in [0.5, 0.6) is 0 Å². The largest absolute Gasteiger partial charge is 0.352 e. The number of carbonyl (C=O) groups excluding carboxylic acids is 2. The zero-order valence-electron chi connectivity index (χ0n) is 13.1. The molecule has 0 bridgehead atoms. The van der Waals surface area contributed by atoms with E-state index < -0.39 is 0 Å². The first-order valence-corrected chi connectivity index (χ1v) is 8.21. The Morgan fingerprint density at radius 1 is 1.27 bits per heavy atom. The Morgan fingerprint density at radius 2 is 1.91 bits per heavy atom. The fourth-order valence-electron chi connectivity index (χ4n) is 2.54. The molecule has 1 aliphatic rings. The maximum Gasteiger partial charge on any atom is 0.251 e. The zero-order chi connectivity index (χ0) is 16.1. The molecule has 22 heavy (non-hydrogen) atoms. The van der Waals surface area contributed by atoms with Crippen molar-refractivity contribution in [2.75, 3.05) is 6.54 Å². The maximum absolute atomic E-state index is 12.2. The number of nitrogens with one attached hydrogen (secondary N) is 1. The monoisotopic (exact) mass is 322 g/mol. The number of benzene rings is 1. The average Bonchev–Trinajstić information content (AvgIpc) is 3.28. The molecule has 1 aromatic carbocycles. The van der Waals surface area contributed by atoms with E-state index in [4.69, 9.17) is 11.6 Å². The van der Waals surface area contributed by atoms with Gasteiger partial charge in [-0.1, -0.05) is 11.6 Å². The van der Waals surface area contributed by atoms with Crippen molar-refractivity contribution in [2.24, 2.45) is 0 Å². The smallest absolute Gasteiger partial charge is 0.251 e. The lowest BCUT2D eigenvalue weighted by molar-refractivity contribution is -0.133. The molecular weight excluding hydrogens is 300 g/mol. The summed E-state index contributed by atoms with van der Waals surface area (Å²) in [6.07, 6.45) is 3.39. The van der Waals surface area contributed by atoms with Gasteiger partial charge < -0.3 is 10.2 Å². The molecule has 1 aromatic rings. The van der Waals surface area contributed by atoms with Crippen LogP contribution in [0, 0.1) is 0 Å². The number of amides is 2. The van der Waals surface area contributed by atoms with Gasteiger partial charge in [-0.25, -0.2) is 0 Å². The maximum atomic E-state index is 12.2. The number of hydrogen-bond donors (Lipinski definition) is 1. The van der Waals surface area contributed by atoms with Crippen molar-refractivity contribution in [3.05, 3.63) is 34.9 Å². The van der Waals surface area contributed by atoms with Gasteiger partial charge in [0.15, 0.2) is 0 Å². The summed E-state index contributed by atoms with van der Waals surface area (Å²) in [7, 11) is 0. The number of carbonyl (C=O) groups is 2. The van der Waals surface area contributed by atoms with Crippen LogP contribution in [0.3, 0.4) is 0 Å². The molecule has 0 aliphatic heterocycles. The van der Waals surface area contributed by atoms with E-state index in [0.29, 0.717) is 36.0 Å². The van der Waals surface area contributed by atoms with Gasteiger partial charge in [-0.2, -0.15) is 0 Å². The van der Waals surface area contributed by atoms with Crippen molar-refractivity contribution < 1.29 is 9.59 Å². The number of halogens is 1. The molecule has 2 amide bonds. The Bertz CT molecular complexity index is 522. The molecule has 4 nitrogen and oxygen atoms in total. The van der Waals surface area contributed by atoms with Crippen molar-refractivity contribution in [3.8, 4) is 0 Å². The lowest BCUT2D eigenvalue weighted by Gasteiger charge is -2.26. The molecule has 0 unspecified atom stereocenters. The first kappa shape index (κ1) is 16.8. The van der Waals surface area contributed by atoms with Crippen LogP contribution in [0.1, 0.15) is 49.9 Å². The van der Waals surface area contributed by atoms with Crippen LogP contribution in [-0.2, 0) is 4.79 Å². The summed E-state index contributed by atoms with van der Waals surface area (Å²) in [5.41, 5.74) is 0.581. The Kier molecular flexibility index (Phi) is 5.83. The SMILES string of the molecule is CC(C)N(C(=O)CCCNC(=O)c1ccc(Cl)cc1)C1CC1. The first-order chi connectivity index (χ1) is 10.5. The highest BCUT2D eigenvalue weighted by Crippen LogP contribution is 2.29. The second kappa shape index (κ2) is 7.63. The molecule has 0 saturated heterocycles. The van der Waals surface area contributed by atoms with E-state index in [0.717, 1.165) is 12.8 Å². The fourth-order valence-corrected chi connectivity index (χ4v) is 2.67. The van der Waals surface area contributed by atoms with E-state index in [1.54, 1.807) is 24.3 Å². The van der Waals surface area contributed by atoms with E-state index in [2.05, 4.69) is 19.2 Å². The Labute approximate surface area is 136 Å². The van der Waals surface area contributed by atoms with Crippen molar-refractivity contribution in [2.45, 2.75) is 51.6 Å². The van der Waals surface area contributed by atoms with E-state index >= 15 is 0 Å². The molecule has 0 aromatic heterocycles. The minimum absolute atomic E-state index is 0.132. The van der Waals surface area contributed by atoms with Gasteiger partial charge in [0.05, 0.1) is 0 Å². The van der Waals surface area contributed by atoms with Crippen molar-refractivity contribution in [3.63, 3.8) is 0 Å². The average molecular weight is 323 g/mol. The Hall–Kier alpha value is -1.55. The lowest BCUT2D eigenvalue weighted by atomic mass is 10.2. The number of nitrogens with zero attached hydrogens (tertiary/aromatic N) is 1. The van der Waals surface area contributed by atoms with Gasteiger partial charge in [-0.15, -0.1) is 0 Å². The first-order valence-electron chi connectivity index (χ1n) is 7.84. The summed E-state index contributed by atoms with van der Waals surface area (Å²) >= 11 is 5.79. The molecule has 1 N–H and O–H groups in total. The summed E-state index contributed by atoms with van der Waals surface area (Å²) in [6, 6.07) is 7.46. The van der Waals surface area contributed by atoms with Crippen molar-refractivity contribution >= 4 is 23.4 Å². The highest BCUT2D eigenvalue weighted by molar-refractivity contribution is 6.30. The van der Waals surface area contributed by atoms with Crippen LogP contribution in [-0.4, -0.2) is 35.3 Å². The summed E-state index contributed by atoms with van der Waals surface area (Å²) in [6.45, 7) is 4.61. The van der Waals surface area contributed by atoms with Gasteiger partial charge >= 0.3 is 0 Å². The molecule has 120 valence electrons. The van der Waals surface area contributed by atoms with Crippen LogP contribution < -0.4 is 5.32 Å². The van der Waals surface area contributed by atoms with Crippen LogP contribution >= 0.6 is 11.6 Å². The van der Waals surface area contributed by atoms with Gasteiger partial charge in [-0.05, 0) is 57.4 Å². The molecule has 0 radical (unpaired) electrons. The van der Waals surface area contributed by atoms with Gasteiger partial charge in [0.2, 0.25) is 5.91 Å². The minimum atomic E-state index is -0.132. The molecule has 0 spiro atoms. The second-order valence-electron chi connectivity index (χ2n) is 5.99. The normalized spacial score (nSPS) is 14.0. The molecule has 1 aliphatic carbocycles. The van der Waals surface area contributed by atoms with Crippen molar-refractivity contribution in [1.29, 1.82) is 0 Å². The predicted molar refractivity (Wildman–Crippen MR) is 88.0 cm³/mol. The van der Waals surface area contributed by atoms with E-state index in [1.165, 1.54) is 0 Å². The molecule has 2 rings (SSSR count). The summed E-state index contributed by atoms with van der Waals surface area (Å²) < 4.78 is 0. The van der Waals surface area contributed by atoms with Crippen LogP contribution in [0.2, 0.25) is 5.02 Å². The predicted octanol–water partition coefficient (Wildman–Crippen LogP) is 3.25. The summed E-state index contributed by atoms with van der Waals surface area (Å²) in [5.74, 6) is 0.0604. The third-order valence-electron chi connectivity index (χ3n) is 3.74. The molecule has 5 heteroatoms. The van der Waals surface area contributed by atoms with Crippen LogP contribution in [0.4, 0.5) is 0 Å². The molecule has 1 saturated carbocycles. The van der Waals surface area contributed by atoms with Gasteiger partial charge in [0, 0.05) is 35.6 Å². The highest BCUT2D eigenvalue weighted by Gasteiger charge is 2.33. The molecular formula is C17H23ClN2O2. The Balaban J connectivity index is 1.71. The molecule has 0 atom stereocenters. The zero-order valence-corrected chi connectivity index (χ0v) is 13.9. The van der Waals surface area contributed by atoms with E-state index in [1.807, 2.05) is 4.90 Å². The minimum Gasteiger partial charge on any atom is -0.352 e. The van der Waals surface area contributed by atoms with Crippen molar-refractivity contribution in [1.82, 2.24) is 10.2 Å². The molecule has 0 heterocycles. The van der Waals surface area contributed by atoms with E-state index in [-0.39, 0.29) is 17.9 Å². The highest BCUT2D eigenvalue weighted by atomic mass is 35.5.